The molecule has 30 heavy (non-hydrogen) atoms. The first-order valence-electron chi connectivity index (χ1n) is 9.37. The van der Waals surface area contributed by atoms with Crippen molar-refractivity contribution in [3.8, 4) is 5.75 Å². The van der Waals surface area contributed by atoms with E-state index in [9.17, 15) is 20.1 Å². The van der Waals surface area contributed by atoms with E-state index < -0.39 is 12.0 Å². The number of rotatable bonds is 8. The van der Waals surface area contributed by atoms with Crippen LogP contribution in [-0.2, 0) is 24.6 Å². The van der Waals surface area contributed by atoms with Crippen LogP contribution in [0.15, 0.2) is 53.8 Å². The predicted octanol–water partition coefficient (Wildman–Crippen LogP) is 1.63. The number of fused-ring (bicyclic) bond motifs is 1. The second-order valence-electron chi connectivity index (χ2n) is 6.64. The highest BCUT2D eigenvalue weighted by molar-refractivity contribution is 5.85. The van der Waals surface area contributed by atoms with Gasteiger partial charge in [-0.1, -0.05) is 6.07 Å². The molecule has 8 nitrogen and oxygen atoms in total. The molecule has 1 atom stereocenters. The Kier molecular flexibility index (Phi) is 7.08. The molecule has 0 spiro atoms. The number of carbonyl (C=O) groups is 1. The zero-order chi connectivity index (χ0) is 21.5. The van der Waals surface area contributed by atoms with E-state index in [-0.39, 0.29) is 19.8 Å². The summed E-state index contributed by atoms with van der Waals surface area (Å²) in [6.45, 7) is 0.744. The van der Waals surface area contributed by atoms with Gasteiger partial charge in [0.1, 0.15) is 5.75 Å². The first kappa shape index (κ1) is 21.4. The van der Waals surface area contributed by atoms with E-state index in [2.05, 4.69) is 15.5 Å². The Morgan fingerprint density at radius 1 is 1.13 bits per heavy atom. The second kappa shape index (κ2) is 9.93. The van der Waals surface area contributed by atoms with Crippen LogP contribution in [0.2, 0.25) is 0 Å². The number of nitrogens with zero attached hydrogens (tertiary/aromatic N) is 2. The van der Waals surface area contributed by atoms with Crippen molar-refractivity contribution in [2.45, 2.75) is 32.8 Å². The van der Waals surface area contributed by atoms with Crippen molar-refractivity contribution in [2.75, 3.05) is 0 Å². The number of amides is 1. The van der Waals surface area contributed by atoms with E-state index in [1.165, 1.54) is 6.21 Å². The summed E-state index contributed by atoms with van der Waals surface area (Å²) in [5.41, 5.74) is 5.26. The molecule has 0 aliphatic heterocycles. The molecule has 4 N–H and O–H groups in total. The molecule has 3 rings (SSSR count). The minimum Gasteiger partial charge on any atom is -0.481 e. The number of aromatic nitrogens is 1. The van der Waals surface area contributed by atoms with E-state index in [0.29, 0.717) is 28.0 Å². The van der Waals surface area contributed by atoms with Gasteiger partial charge in [-0.05, 0) is 65.6 Å². The number of benzene rings is 2. The number of hydrazone groups is 1. The average Bonchev–Trinajstić information content (AvgIpc) is 2.78. The summed E-state index contributed by atoms with van der Waals surface area (Å²) in [7, 11) is 0. The maximum atomic E-state index is 12.3. The maximum Gasteiger partial charge on any atom is 0.280 e. The number of aliphatic hydroxyl groups excluding tert-OH is 3. The molecule has 2 aromatic carbocycles. The third kappa shape index (κ3) is 4.98. The molecule has 1 heterocycles. The Morgan fingerprint density at radius 2 is 1.87 bits per heavy atom. The van der Waals surface area contributed by atoms with E-state index in [4.69, 9.17) is 4.74 Å². The highest BCUT2D eigenvalue weighted by Gasteiger charge is 2.14. The van der Waals surface area contributed by atoms with Crippen LogP contribution in [-0.4, -0.2) is 38.5 Å². The van der Waals surface area contributed by atoms with Gasteiger partial charge in [-0.25, -0.2) is 5.43 Å². The molecule has 1 aromatic heterocycles. The fraction of sp³-hybridized carbons (Fsp3) is 0.227. The largest absolute Gasteiger partial charge is 0.481 e. The van der Waals surface area contributed by atoms with Crippen molar-refractivity contribution in [1.29, 1.82) is 0 Å². The fourth-order valence-corrected chi connectivity index (χ4v) is 3.03. The Labute approximate surface area is 173 Å². The summed E-state index contributed by atoms with van der Waals surface area (Å²) >= 11 is 0. The van der Waals surface area contributed by atoms with E-state index in [1.54, 1.807) is 31.3 Å². The lowest BCUT2D eigenvalue weighted by Crippen LogP contribution is -2.33. The van der Waals surface area contributed by atoms with Crippen LogP contribution < -0.4 is 10.2 Å². The molecule has 0 bridgehead atoms. The Balaban J connectivity index is 1.64. The second-order valence-corrected chi connectivity index (χ2v) is 6.64. The molecule has 0 saturated heterocycles. The molecular weight excluding hydrogens is 386 g/mol. The summed E-state index contributed by atoms with van der Waals surface area (Å²) in [6, 6.07) is 12.4. The van der Waals surface area contributed by atoms with Gasteiger partial charge in [0.05, 0.1) is 31.6 Å². The van der Waals surface area contributed by atoms with E-state index in [0.717, 1.165) is 10.9 Å². The number of carbonyl (C=O) groups excluding carboxylic acids is 1. The Bertz CT molecular complexity index is 1040. The van der Waals surface area contributed by atoms with Crippen LogP contribution >= 0.6 is 0 Å². The van der Waals surface area contributed by atoms with Crippen molar-refractivity contribution < 1.29 is 24.9 Å². The molecule has 0 aliphatic rings. The topological polar surface area (TPSA) is 124 Å². The molecular formula is C22H23N3O5. The van der Waals surface area contributed by atoms with Crippen LogP contribution in [0.4, 0.5) is 0 Å². The van der Waals surface area contributed by atoms with Crippen molar-refractivity contribution in [2.24, 2.45) is 5.10 Å². The van der Waals surface area contributed by atoms with Gasteiger partial charge in [-0.2, -0.15) is 5.10 Å². The standard InChI is InChI=1S/C22H23N3O5/c1-14(30-19-4-5-21-16(9-19)3-2-6-23-21)22(29)25-24-10-15-7-17(11-26)20(13-28)18(8-15)12-27/h2-10,14,26-28H,11-13H2,1H3,(H,25,29)/b24-10+. The number of ether oxygens (including phenoxy) is 1. The summed E-state index contributed by atoms with van der Waals surface area (Å²) in [6.07, 6.45) is 2.32. The van der Waals surface area contributed by atoms with Crippen LogP contribution in [0, 0.1) is 0 Å². The molecule has 0 aliphatic carbocycles. The summed E-state index contributed by atoms with van der Waals surface area (Å²) < 4.78 is 5.68. The SMILES string of the molecule is CC(Oc1ccc2ncccc2c1)C(=O)N/N=C/c1cc(CO)c(CO)c(CO)c1. The van der Waals surface area contributed by atoms with Crippen molar-refractivity contribution >= 4 is 23.0 Å². The number of aliphatic hydroxyl groups is 3. The molecule has 156 valence electrons. The highest BCUT2D eigenvalue weighted by atomic mass is 16.5. The zero-order valence-electron chi connectivity index (χ0n) is 16.4. The van der Waals surface area contributed by atoms with Crippen LogP contribution in [0.3, 0.4) is 0 Å². The van der Waals surface area contributed by atoms with Gasteiger partial charge in [-0.3, -0.25) is 9.78 Å². The molecule has 8 heteroatoms. The minimum absolute atomic E-state index is 0.289. The smallest absolute Gasteiger partial charge is 0.280 e. The van der Waals surface area contributed by atoms with Crippen molar-refractivity contribution in [3.63, 3.8) is 0 Å². The normalized spacial score (nSPS) is 12.3. The van der Waals surface area contributed by atoms with Gasteiger partial charge in [0.25, 0.3) is 5.91 Å². The quantitative estimate of drug-likeness (QED) is 0.331. The van der Waals surface area contributed by atoms with Gasteiger partial charge in [0.15, 0.2) is 6.10 Å². The lowest BCUT2D eigenvalue weighted by molar-refractivity contribution is -0.127. The van der Waals surface area contributed by atoms with Crippen molar-refractivity contribution in [3.05, 3.63) is 70.9 Å². The lowest BCUT2D eigenvalue weighted by atomic mass is 9.99. The monoisotopic (exact) mass is 409 g/mol. The van der Waals surface area contributed by atoms with Crippen LogP contribution in [0.25, 0.3) is 10.9 Å². The fourth-order valence-electron chi connectivity index (χ4n) is 3.03. The van der Waals surface area contributed by atoms with Crippen LogP contribution in [0.1, 0.15) is 29.2 Å². The molecule has 0 radical (unpaired) electrons. The van der Waals surface area contributed by atoms with E-state index >= 15 is 0 Å². The Morgan fingerprint density at radius 3 is 2.53 bits per heavy atom. The van der Waals surface area contributed by atoms with E-state index in [1.807, 2.05) is 24.3 Å². The third-order valence-electron chi connectivity index (χ3n) is 4.60. The zero-order valence-corrected chi connectivity index (χ0v) is 16.4. The first-order chi connectivity index (χ1) is 14.5. The van der Waals surface area contributed by atoms with Gasteiger partial charge >= 0.3 is 0 Å². The average molecular weight is 409 g/mol. The van der Waals surface area contributed by atoms with Gasteiger partial charge in [-0.15, -0.1) is 0 Å². The first-order valence-corrected chi connectivity index (χ1v) is 9.37. The number of pyridine rings is 1. The summed E-state index contributed by atoms with van der Waals surface area (Å²) in [5.74, 6) is 0.108. The molecule has 0 fully saturated rings. The highest BCUT2D eigenvalue weighted by Crippen LogP contribution is 2.20. The van der Waals surface area contributed by atoms with Gasteiger partial charge in [0, 0.05) is 11.6 Å². The number of nitrogens with one attached hydrogen (secondary N) is 1. The molecule has 1 amide bonds. The predicted molar refractivity (Wildman–Crippen MR) is 112 cm³/mol. The van der Waals surface area contributed by atoms with Crippen LogP contribution in [0.5, 0.6) is 5.75 Å². The number of hydrogen-bond acceptors (Lipinski definition) is 7. The summed E-state index contributed by atoms with van der Waals surface area (Å²) in [4.78, 5) is 16.5. The van der Waals surface area contributed by atoms with Gasteiger partial charge in [0.2, 0.25) is 0 Å². The maximum absolute atomic E-state index is 12.3. The molecule has 1 unspecified atom stereocenters. The third-order valence-corrected chi connectivity index (χ3v) is 4.60. The molecule has 3 aromatic rings. The Hall–Kier alpha value is -3.33. The number of hydrogen-bond donors (Lipinski definition) is 4. The van der Waals surface area contributed by atoms with Crippen molar-refractivity contribution in [1.82, 2.24) is 10.4 Å². The molecule has 0 saturated carbocycles. The summed E-state index contributed by atoms with van der Waals surface area (Å²) in [5, 5.41) is 33.2. The van der Waals surface area contributed by atoms with Gasteiger partial charge < -0.3 is 20.1 Å². The lowest BCUT2D eigenvalue weighted by Gasteiger charge is -2.13. The minimum atomic E-state index is -0.783.